The number of benzene rings is 2. The van der Waals surface area contributed by atoms with Crippen molar-refractivity contribution in [1.29, 1.82) is 0 Å². The van der Waals surface area contributed by atoms with E-state index >= 15 is 0 Å². The maximum absolute atomic E-state index is 12.5. The van der Waals surface area contributed by atoms with Crippen LogP contribution in [0.1, 0.15) is 34.5 Å². The second-order valence-corrected chi connectivity index (χ2v) is 5.02. The Kier molecular flexibility index (Phi) is 4.49. The minimum Gasteiger partial charge on any atom is -0.507 e. The molecule has 2 rings (SSSR count). The molecular formula is C16H14F3NO3. The third-order valence-electron chi connectivity index (χ3n) is 3.35. The molecule has 0 saturated heterocycles. The summed E-state index contributed by atoms with van der Waals surface area (Å²) in [6, 6.07) is 8.35. The number of aromatic hydroxyl groups is 1. The van der Waals surface area contributed by atoms with E-state index in [1.165, 1.54) is 30.3 Å². The molecule has 0 aliphatic carbocycles. The average molecular weight is 325 g/mol. The lowest BCUT2D eigenvalue weighted by Gasteiger charge is -2.17. The fourth-order valence-electron chi connectivity index (χ4n) is 2.09. The molecule has 2 aromatic carbocycles. The Labute approximate surface area is 130 Å². The topological polar surface area (TPSA) is 69.6 Å². The van der Waals surface area contributed by atoms with E-state index < -0.39 is 17.7 Å². The normalized spacial score (nSPS) is 12.7. The number of halogens is 3. The van der Waals surface area contributed by atoms with E-state index in [9.17, 15) is 23.1 Å². The van der Waals surface area contributed by atoms with Crippen molar-refractivity contribution in [3.05, 3.63) is 59.2 Å². The summed E-state index contributed by atoms with van der Waals surface area (Å²) >= 11 is 0. The van der Waals surface area contributed by atoms with Crippen molar-refractivity contribution in [3.8, 4) is 5.75 Å². The average Bonchev–Trinajstić information content (AvgIpc) is 2.48. The molecule has 23 heavy (non-hydrogen) atoms. The number of hydrogen-bond acceptors (Lipinski definition) is 3. The molecule has 4 nitrogen and oxygen atoms in total. The van der Waals surface area contributed by atoms with Crippen LogP contribution < -0.4 is 5.32 Å². The van der Waals surface area contributed by atoms with Gasteiger partial charge < -0.3 is 15.5 Å². The Morgan fingerprint density at radius 2 is 1.74 bits per heavy atom. The molecule has 0 amide bonds. The second-order valence-electron chi connectivity index (χ2n) is 5.02. The summed E-state index contributed by atoms with van der Waals surface area (Å²) in [5.41, 5.74) is 0.0661. The highest BCUT2D eigenvalue weighted by Gasteiger charge is 2.30. The maximum Gasteiger partial charge on any atom is 0.416 e. The molecule has 0 aliphatic rings. The zero-order chi connectivity index (χ0) is 17.2. The highest BCUT2D eigenvalue weighted by Crippen LogP contribution is 2.30. The van der Waals surface area contributed by atoms with Gasteiger partial charge in [-0.15, -0.1) is 0 Å². The van der Waals surface area contributed by atoms with Gasteiger partial charge in [0.25, 0.3) is 0 Å². The van der Waals surface area contributed by atoms with E-state index in [0.29, 0.717) is 11.3 Å². The SMILES string of the molecule is CC(Nc1ccc(O)c(C(=O)O)c1)c1ccc(C(F)(F)F)cc1. The molecule has 0 fully saturated rings. The van der Waals surface area contributed by atoms with Gasteiger partial charge in [0, 0.05) is 11.7 Å². The van der Waals surface area contributed by atoms with Gasteiger partial charge in [0.15, 0.2) is 0 Å². The van der Waals surface area contributed by atoms with Crippen LogP contribution in [0.15, 0.2) is 42.5 Å². The third-order valence-corrected chi connectivity index (χ3v) is 3.35. The number of carbonyl (C=O) groups is 1. The van der Waals surface area contributed by atoms with Crippen LogP contribution in [0, 0.1) is 0 Å². The number of phenols is 1. The molecule has 3 N–H and O–H groups in total. The first-order valence-corrected chi connectivity index (χ1v) is 6.68. The molecule has 7 heteroatoms. The zero-order valence-corrected chi connectivity index (χ0v) is 12.1. The molecule has 122 valence electrons. The molecule has 0 spiro atoms. The lowest BCUT2D eigenvalue weighted by molar-refractivity contribution is -0.137. The van der Waals surface area contributed by atoms with Crippen LogP contribution in [0.25, 0.3) is 0 Å². The van der Waals surface area contributed by atoms with Gasteiger partial charge >= 0.3 is 12.1 Å². The lowest BCUT2D eigenvalue weighted by atomic mass is 10.1. The van der Waals surface area contributed by atoms with Crippen LogP contribution >= 0.6 is 0 Å². The molecule has 0 aliphatic heterocycles. The third kappa shape index (κ3) is 3.94. The van der Waals surface area contributed by atoms with E-state index in [1.807, 2.05) is 0 Å². The predicted molar refractivity (Wildman–Crippen MR) is 78.5 cm³/mol. The van der Waals surface area contributed by atoms with Gasteiger partial charge in [0.05, 0.1) is 5.56 Å². The molecule has 0 saturated carbocycles. The molecule has 2 aromatic rings. The molecule has 0 aromatic heterocycles. The van der Waals surface area contributed by atoms with Gasteiger partial charge in [-0.25, -0.2) is 4.79 Å². The summed E-state index contributed by atoms with van der Waals surface area (Å²) in [6.45, 7) is 1.73. The van der Waals surface area contributed by atoms with Crippen molar-refractivity contribution in [3.63, 3.8) is 0 Å². The van der Waals surface area contributed by atoms with Crippen molar-refractivity contribution in [2.75, 3.05) is 5.32 Å². The minimum absolute atomic E-state index is 0.255. The molecule has 0 bridgehead atoms. The van der Waals surface area contributed by atoms with Crippen molar-refractivity contribution < 1.29 is 28.2 Å². The van der Waals surface area contributed by atoms with Gasteiger partial charge in [0.1, 0.15) is 11.3 Å². The number of hydrogen-bond donors (Lipinski definition) is 3. The van der Waals surface area contributed by atoms with Crippen molar-refractivity contribution >= 4 is 11.7 Å². The van der Waals surface area contributed by atoms with Gasteiger partial charge in [0.2, 0.25) is 0 Å². The molecule has 1 unspecified atom stereocenters. The summed E-state index contributed by atoms with van der Waals surface area (Å²) in [5, 5.41) is 21.4. The first-order valence-electron chi connectivity index (χ1n) is 6.68. The summed E-state index contributed by atoms with van der Waals surface area (Å²) in [7, 11) is 0. The highest BCUT2D eigenvalue weighted by atomic mass is 19.4. The number of carboxylic acids is 1. The number of rotatable bonds is 4. The molecular weight excluding hydrogens is 311 g/mol. The monoisotopic (exact) mass is 325 g/mol. The van der Waals surface area contributed by atoms with E-state index in [1.54, 1.807) is 6.92 Å². The summed E-state index contributed by atoms with van der Waals surface area (Å²) < 4.78 is 37.6. The Morgan fingerprint density at radius 3 is 2.26 bits per heavy atom. The summed E-state index contributed by atoms with van der Waals surface area (Å²) in [4.78, 5) is 11.0. The van der Waals surface area contributed by atoms with Crippen LogP contribution in [0.4, 0.5) is 18.9 Å². The molecule has 0 heterocycles. The van der Waals surface area contributed by atoms with Crippen molar-refractivity contribution in [2.24, 2.45) is 0 Å². The molecule has 0 radical (unpaired) electrons. The van der Waals surface area contributed by atoms with E-state index in [2.05, 4.69) is 5.32 Å². The zero-order valence-electron chi connectivity index (χ0n) is 12.1. The number of alkyl halides is 3. The predicted octanol–water partition coefficient (Wildman–Crippen LogP) is 4.28. The fourth-order valence-corrected chi connectivity index (χ4v) is 2.09. The second kappa shape index (κ2) is 6.20. The Balaban J connectivity index is 2.17. The number of anilines is 1. The van der Waals surface area contributed by atoms with Crippen LogP contribution in [-0.2, 0) is 6.18 Å². The summed E-state index contributed by atoms with van der Waals surface area (Å²) in [5.74, 6) is -1.63. The quantitative estimate of drug-likeness (QED) is 0.734. The maximum atomic E-state index is 12.5. The van der Waals surface area contributed by atoms with Gasteiger partial charge in [-0.05, 0) is 42.8 Å². The van der Waals surface area contributed by atoms with Gasteiger partial charge in [-0.3, -0.25) is 0 Å². The fraction of sp³-hybridized carbons (Fsp3) is 0.188. The largest absolute Gasteiger partial charge is 0.507 e. The first-order chi connectivity index (χ1) is 10.7. The van der Waals surface area contributed by atoms with Crippen molar-refractivity contribution in [1.82, 2.24) is 0 Å². The minimum atomic E-state index is -4.39. The van der Waals surface area contributed by atoms with Gasteiger partial charge in [-0.2, -0.15) is 13.2 Å². The Morgan fingerprint density at radius 1 is 1.13 bits per heavy atom. The lowest BCUT2D eigenvalue weighted by Crippen LogP contribution is -2.09. The first kappa shape index (κ1) is 16.7. The van der Waals surface area contributed by atoms with Crippen LogP contribution in [0.5, 0.6) is 5.75 Å². The Hall–Kier alpha value is -2.70. The van der Waals surface area contributed by atoms with Crippen LogP contribution in [-0.4, -0.2) is 16.2 Å². The number of carboxylic acid groups (broad SMARTS) is 1. The Bertz CT molecular complexity index is 712. The standard InChI is InChI=1S/C16H14F3NO3/c1-9(10-2-4-11(5-3-10)16(17,18)19)20-12-6-7-14(21)13(8-12)15(22)23/h2-9,20-21H,1H3,(H,22,23). The van der Waals surface area contributed by atoms with Crippen LogP contribution in [0.2, 0.25) is 0 Å². The smallest absolute Gasteiger partial charge is 0.416 e. The van der Waals surface area contributed by atoms with E-state index in [0.717, 1.165) is 12.1 Å². The number of nitrogens with one attached hydrogen (secondary N) is 1. The van der Waals surface area contributed by atoms with E-state index in [-0.39, 0.29) is 17.4 Å². The van der Waals surface area contributed by atoms with Gasteiger partial charge in [-0.1, -0.05) is 12.1 Å². The highest BCUT2D eigenvalue weighted by molar-refractivity contribution is 5.92. The van der Waals surface area contributed by atoms with Crippen molar-refractivity contribution in [2.45, 2.75) is 19.1 Å². The summed E-state index contributed by atoms with van der Waals surface area (Å²) in [6.07, 6.45) is -4.39. The van der Waals surface area contributed by atoms with Crippen LogP contribution in [0.3, 0.4) is 0 Å². The van der Waals surface area contributed by atoms with E-state index in [4.69, 9.17) is 5.11 Å². The number of aromatic carboxylic acids is 1. The molecule has 1 atom stereocenters.